The van der Waals surface area contributed by atoms with E-state index < -0.39 is 5.97 Å². The fraction of sp³-hybridized carbons (Fsp3) is 0.130. The van der Waals surface area contributed by atoms with Crippen molar-refractivity contribution in [3.05, 3.63) is 149 Å². The second kappa shape index (κ2) is 13.2. The number of nitrogens with zero attached hydrogens (tertiary/aromatic N) is 2. The first-order chi connectivity index (χ1) is 25.3. The summed E-state index contributed by atoms with van der Waals surface area (Å²) in [7, 11) is 2.07. The maximum Gasteiger partial charge on any atom is 0.346 e. The molecule has 1 aliphatic rings. The number of aromatic nitrogens is 1. The van der Waals surface area contributed by atoms with E-state index in [1.54, 1.807) is 6.07 Å². The highest BCUT2D eigenvalue weighted by Crippen LogP contribution is 2.54. The van der Waals surface area contributed by atoms with Crippen molar-refractivity contribution in [1.29, 1.82) is 5.26 Å². The number of rotatable bonds is 9. The Labute approximate surface area is 307 Å². The van der Waals surface area contributed by atoms with Crippen LogP contribution < -0.4 is 5.32 Å². The number of anilines is 2. The molecule has 5 nitrogen and oxygen atoms in total. The molecule has 0 radical (unpaired) electrons. The lowest BCUT2D eigenvalue weighted by atomic mass is 9.73. The average Bonchev–Trinajstić information content (AvgIpc) is 3.87. The normalized spacial score (nSPS) is 13.1. The smallest absolute Gasteiger partial charge is 0.346 e. The van der Waals surface area contributed by atoms with E-state index in [4.69, 9.17) is 0 Å². The molecule has 8 rings (SSSR count). The largest absolute Gasteiger partial charge is 0.477 e. The molecule has 5 aromatic carbocycles. The van der Waals surface area contributed by atoms with Crippen LogP contribution in [0.15, 0.2) is 133 Å². The van der Waals surface area contributed by atoms with Gasteiger partial charge in [-0.2, -0.15) is 5.26 Å². The van der Waals surface area contributed by atoms with Gasteiger partial charge in [-0.3, -0.25) is 0 Å². The Balaban J connectivity index is 1.16. The third-order valence-corrected chi connectivity index (χ3v) is 11.8. The molecule has 0 spiro atoms. The van der Waals surface area contributed by atoms with Gasteiger partial charge in [0.25, 0.3) is 0 Å². The average molecular weight is 696 g/mol. The number of aliphatic carboxylic acids is 1. The van der Waals surface area contributed by atoms with E-state index in [0.717, 1.165) is 50.9 Å². The summed E-state index contributed by atoms with van der Waals surface area (Å²) < 4.78 is 2.20. The second-order valence-electron chi connectivity index (χ2n) is 13.4. The van der Waals surface area contributed by atoms with Crippen LogP contribution in [0.25, 0.3) is 60.9 Å². The molecule has 0 saturated carbocycles. The zero-order valence-electron chi connectivity index (χ0n) is 29.3. The number of fused-ring (bicyclic) bond motifs is 4. The first kappa shape index (κ1) is 33.0. The van der Waals surface area contributed by atoms with Crippen LogP contribution in [0, 0.1) is 11.3 Å². The van der Waals surface area contributed by atoms with Crippen LogP contribution in [0.5, 0.6) is 0 Å². The van der Waals surface area contributed by atoms with Gasteiger partial charge in [0.2, 0.25) is 0 Å². The van der Waals surface area contributed by atoms with Gasteiger partial charge < -0.3 is 15.0 Å². The van der Waals surface area contributed by atoms with Crippen LogP contribution in [-0.4, -0.2) is 15.6 Å². The quantitative estimate of drug-likeness (QED) is 0.116. The number of nitrogens with one attached hydrogen (secondary N) is 1. The molecule has 0 saturated heterocycles. The zero-order valence-corrected chi connectivity index (χ0v) is 30.1. The molecule has 0 aliphatic heterocycles. The molecular formula is C46H37N3O2S. The summed E-state index contributed by atoms with van der Waals surface area (Å²) in [6.07, 6.45) is 3.38. The molecule has 6 heteroatoms. The summed E-state index contributed by atoms with van der Waals surface area (Å²) in [5, 5.41) is 24.8. The van der Waals surface area contributed by atoms with Gasteiger partial charge >= 0.3 is 5.97 Å². The van der Waals surface area contributed by atoms with Crippen molar-refractivity contribution in [3.63, 3.8) is 0 Å². The number of benzene rings is 5. The number of thiophene rings is 1. The molecule has 0 fully saturated rings. The van der Waals surface area contributed by atoms with E-state index in [1.807, 2.05) is 12.1 Å². The summed E-state index contributed by atoms with van der Waals surface area (Å²) in [5.74, 6) is -1.22. The molecule has 0 bridgehead atoms. The van der Waals surface area contributed by atoms with Crippen LogP contribution in [-0.2, 0) is 17.3 Å². The minimum atomic E-state index is -1.22. The lowest BCUT2D eigenvalue weighted by molar-refractivity contribution is -0.132. The molecule has 7 aromatic rings. The zero-order chi connectivity index (χ0) is 36.0. The van der Waals surface area contributed by atoms with Crippen molar-refractivity contribution in [1.82, 2.24) is 4.57 Å². The number of hydrogen-bond donors (Lipinski definition) is 2. The molecule has 52 heavy (non-hydrogen) atoms. The minimum Gasteiger partial charge on any atom is -0.477 e. The predicted molar refractivity (Wildman–Crippen MR) is 215 cm³/mol. The highest BCUT2D eigenvalue weighted by molar-refractivity contribution is 7.16. The van der Waals surface area contributed by atoms with E-state index >= 15 is 0 Å². The molecule has 2 aromatic heterocycles. The van der Waals surface area contributed by atoms with Gasteiger partial charge in [0.1, 0.15) is 11.6 Å². The molecule has 2 heterocycles. The number of carboxylic acids is 1. The van der Waals surface area contributed by atoms with E-state index in [9.17, 15) is 15.2 Å². The molecule has 0 unspecified atom stereocenters. The van der Waals surface area contributed by atoms with Gasteiger partial charge in [0.15, 0.2) is 0 Å². The molecule has 2 N–H and O–H groups in total. The van der Waals surface area contributed by atoms with Crippen molar-refractivity contribution in [2.75, 3.05) is 5.32 Å². The van der Waals surface area contributed by atoms with Crippen LogP contribution in [0.1, 0.15) is 42.7 Å². The maximum absolute atomic E-state index is 11.4. The molecule has 0 amide bonds. The van der Waals surface area contributed by atoms with E-state index in [-0.39, 0.29) is 11.0 Å². The lowest BCUT2D eigenvalue weighted by Crippen LogP contribution is -2.23. The third kappa shape index (κ3) is 5.42. The summed E-state index contributed by atoms with van der Waals surface area (Å²) in [4.78, 5) is 13.1. The number of hydrogen-bond acceptors (Lipinski definition) is 4. The van der Waals surface area contributed by atoms with Crippen molar-refractivity contribution < 1.29 is 9.90 Å². The van der Waals surface area contributed by atoms with Crippen LogP contribution in [0.4, 0.5) is 11.4 Å². The predicted octanol–water partition coefficient (Wildman–Crippen LogP) is 12.1. The van der Waals surface area contributed by atoms with Crippen molar-refractivity contribution in [2.45, 2.75) is 32.1 Å². The summed E-state index contributed by atoms with van der Waals surface area (Å²) in [5.41, 5.74) is 12.7. The fourth-order valence-electron chi connectivity index (χ4n) is 8.05. The topological polar surface area (TPSA) is 78.1 Å². The van der Waals surface area contributed by atoms with Crippen LogP contribution >= 0.6 is 11.3 Å². The van der Waals surface area contributed by atoms with Crippen molar-refractivity contribution in [2.24, 2.45) is 7.05 Å². The van der Waals surface area contributed by atoms with Gasteiger partial charge in [-0.1, -0.05) is 98.8 Å². The van der Waals surface area contributed by atoms with Gasteiger partial charge in [-0.05, 0) is 100 Å². The van der Waals surface area contributed by atoms with E-state index in [2.05, 4.69) is 146 Å². The Morgan fingerprint density at radius 2 is 1.48 bits per heavy atom. The van der Waals surface area contributed by atoms with Gasteiger partial charge in [-0.15, -0.1) is 11.3 Å². The highest BCUT2D eigenvalue weighted by atomic mass is 32.1. The fourth-order valence-corrected chi connectivity index (χ4v) is 9.07. The summed E-state index contributed by atoms with van der Waals surface area (Å²) in [6.45, 7) is 4.61. The van der Waals surface area contributed by atoms with Gasteiger partial charge in [0.05, 0.1) is 16.3 Å². The molecule has 254 valence electrons. The number of nitriles is 1. The lowest BCUT2D eigenvalue weighted by Gasteiger charge is -2.30. The summed E-state index contributed by atoms with van der Waals surface area (Å²) in [6, 6.07) is 47.3. The van der Waals surface area contributed by atoms with Crippen molar-refractivity contribution >= 4 is 45.5 Å². The molecule has 0 atom stereocenters. The number of carboxylic acid groups (broad SMARTS) is 1. The molecular weight excluding hydrogens is 659 g/mol. The standard InChI is InChI=1S/C46H37N3O2S/c1-4-46(5-2)39-26-31(41-22-23-42(49(41)3)43-24-18-34(52-43)25-32(28-47)45(50)51)16-20-37(39)38-21-17-33(27-40(38)46)48-44-35-14-10-9-13-30(35)15-19-36(44)29-11-7-6-8-12-29/h6-27,48H,4-5H2,1-3H3,(H,50,51)/b32-25+. The van der Waals surface area contributed by atoms with E-state index in [1.165, 1.54) is 61.6 Å². The Morgan fingerprint density at radius 3 is 2.23 bits per heavy atom. The van der Waals surface area contributed by atoms with Crippen LogP contribution in [0.2, 0.25) is 0 Å². The monoisotopic (exact) mass is 695 g/mol. The Bertz CT molecular complexity index is 2580. The van der Waals surface area contributed by atoms with Crippen molar-refractivity contribution in [3.8, 4) is 50.2 Å². The SMILES string of the molecule is CCC1(CC)c2cc(Nc3c(-c4ccccc4)ccc4ccccc34)ccc2-c2ccc(-c3ccc(-c4ccc(/C=C(\C#N)C(=O)O)s4)n3C)cc21. The second-order valence-corrected chi connectivity index (χ2v) is 14.5. The summed E-state index contributed by atoms with van der Waals surface area (Å²) >= 11 is 1.47. The Kier molecular flexibility index (Phi) is 8.37. The first-order valence-corrected chi connectivity index (χ1v) is 18.4. The number of carbonyl (C=O) groups is 1. The van der Waals surface area contributed by atoms with Gasteiger partial charge in [0, 0.05) is 39.7 Å². The van der Waals surface area contributed by atoms with E-state index in [0.29, 0.717) is 0 Å². The van der Waals surface area contributed by atoms with Crippen LogP contribution in [0.3, 0.4) is 0 Å². The first-order valence-electron chi connectivity index (χ1n) is 17.6. The Morgan fingerprint density at radius 1 is 0.788 bits per heavy atom. The minimum absolute atomic E-state index is 0.134. The third-order valence-electron chi connectivity index (χ3n) is 10.8. The maximum atomic E-state index is 11.4. The van der Waals surface area contributed by atoms with Gasteiger partial charge in [-0.25, -0.2) is 4.79 Å². The highest BCUT2D eigenvalue weighted by Gasteiger charge is 2.41. The molecule has 1 aliphatic carbocycles. The Hall–Kier alpha value is -6.16.